The number of aryl methyl sites for hydroxylation is 1. The van der Waals surface area contributed by atoms with Crippen molar-refractivity contribution >= 4 is 5.91 Å². The Kier molecular flexibility index (Phi) is 5.12. The molecule has 21 heavy (non-hydrogen) atoms. The summed E-state index contributed by atoms with van der Waals surface area (Å²) in [4.78, 5) is 12.0. The molecule has 2 aromatic rings. The summed E-state index contributed by atoms with van der Waals surface area (Å²) in [5.41, 5.74) is 3.00. The van der Waals surface area contributed by atoms with Crippen LogP contribution in [0.1, 0.15) is 35.6 Å². The van der Waals surface area contributed by atoms with Gasteiger partial charge >= 0.3 is 0 Å². The Morgan fingerprint density at radius 2 is 1.67 bits per heavy atom. The maximum absolute atomic E-state index is 12.0. The van der Waals surface area contributed by atoms with Crippen molar-refractivity contribution in [2.75, 3.05) is 6.54 Å². The molecule has 0 aromatic heterocycles. The lowest BCUT2D eigenvalue weighted by Gasteiger charge is -2.16. The second-order valence-corrected chi connectivity index (χ2v) is 5.37. The Labute approximate surface area is 125 Å². The summed E-state index contributed by atoms with van der Waals surface area (Å²) in [6, 6.07) is 17.2. The fourth-order valence-corrected chi connectivity index (χ4v) is 2.15. The standard InChI is InChI=1S/C18H21NO2/c1-13-8-10-15(11-9-13)14(2)12-19-18(21)17(20)16-6-4-3-5-7-16/h3-11,14,17,20H,12H2,1-2H3,(H,19,21). The summed E-state index contributed by atoms with van der Waals surface area (Å²) in [6.07, 6.45) is -1.11. The van der Waals surface area contributed by atoms with E-state index in [1.54, 1.807) is 24.3 Å². The summed E-state index contributed by atoms with van der Waals surface area (Å²) >= 11 is 0. The van der Waals surface area contributed by atoms with Crippen LogP contribution in [0.5, 0.6) is 0 Å². The zero-order valence-corrected chi connectivity index (χ0v) is 12.4. The maximum atomic E-state index is 12.0. The fourth-order valence-electron chi connectivity index (χ4n) is 2.15. The van der Waals surface area contributed by atoms with Crippen molar-refractivity contribution in [1.29, 1.82) is 0 Å². The van der Waals surface area contributed by atoms with E-state index in [1.165, 1.54) is 11.1 Å². The highest BCUT2D eigenvalue weighted by Gasteiger charge is 2.17. The predicted molar refractivity (Wildman–Crippen MR) is 84.0 cm³/mol. The van der Waals surface area contributed by atoms with Gasteiger partial charge in [0.2, 0.25) is 0 Å². The smallest absolute Gasteiger partial charge is 0.253 e. The molecule has 3 heteroatoms. The van der Waals surface area contributed by atoms with Crippen LogP contribution >= 0.6 is 0 Å². The van der Waals surface area contributed by atoms with Gasteiger partial charge in [0.1, 0.15) is 0 Å². The summed E-state index contributed by atoms with van der Waals surface area (Å²) in [5.74, 6) is -0.155. The minimum Gasteiger partial charge on any atom is -0.378 e. The Morgan fingerprint density at radius 1 is 1.05 bits per heavy atom. The van der Waals surface area contributed by atoms with E-state index in [1.807, 2.05) is 13.0 Å². The lowest BCUT2D eigenvalue weighted by molar-refractivity contribution is -0.129. The molecule has 0 aliphatic carbocycles. The van der Waals surface area contributed by atoms with Crippen molar-refractivity contribution in [3.8, 4) is 0 Å². The van der Waals surface area contributed by atoms with Crippen LogP contribution in [0.15, 0.2) is 54.6 Å². The van der Waals surface area contributed by atoms with Crippen LogP contribution in [-0.4, -0.2) is 17.6 Å². The molecule has 2 aromatic carbocycles. The van der Waals surface area contributed by atoms with Gasteiger partial charge in [0.25, 0.3) is 5.91 Å². The highest BCUT2D eigenvalue weighted by atomic mass is 16.3. The Bertz CT molecular complexity index is 578. The van der Waals surface area contributed by atoms with Crippen molar-refractivity contribution in [3.63, 3.8) is 0 Å². The van der Waals surface area contributed by atoms with Gasteiger partial charge < -0.3 is 10.4 Å². The van der Waals surface area contributed by atoms with Gasteiger partial charge in [0.05, 0.1) is 0 Å². The van der Waals surface area contributed by atoms with Gasteiger partial charge in [-0.15, -0.1) is 0 Å². The zero-order valence-electron chi connectivity index (χ0n) is 12.4. The fraction of sp³-hybridized carbons (Fsp3) is 0.278. The maximum Gasteiger partial charge on any atom is 0.253 e. The molecule has 0 fully saturated rings. The lowest BCUT2D eigenvalue weighted by atomic mass is 10.00. The number of carbonyl (C=O) groups excluding carboxylic acids is 1. The minimum atomic E-state index is -1.11. The molecule has 0 aliphatic heterocycles. The Morgan fingerprint density at radius 3 is 2.29 bits per heavy atom. The molecule has 0 saturated heterocycles. The molecule has 0 saturated carbocycles. The molecule has 1 amide bonds. The second kappa shape index (κ2) is 7.04. The van der Waals surface area contributed by atoms with E-state index in [0.717, 1.165) is 0 Å². The molecule has 2 atom stereocenters. The van der Waals surface area contributed by atoms with Gasteiger partial charge in [0.15, 0.2) is 6.10 Å². The third-order valence-corrected chi connectivity index (χ3v) is 3.59. The number of aliphatic hydroxyl groups excluding tert-OH is 1. The molecular weight excluding hydrogens is 262 g/mol. The number of hydrogen-bond acceptors (Lipinski definition) is 2. The van der Waals surface area contributed by atoms with E-state index >= 15 is 0 Å². The highest BCUT2D eigenvalue weighted by molar-refractivity contribution is 5.81. The van der Waals surface area contributed by atoms with E-state index in [2.05, 4.69) is 36.5 Å². The lowest BCUT2D eigenvalue weighted by Crippen LogP contribution is -2.32. The topological polar surface area (TPSA) is 49.3 Å². The monoisotopic (exact) mass is 283 g/mol. The third kappa shape index (κ3) is 4.17. The SMILES string of the molecule is Cc1ccc(C(C)CNC(=O)C(O)c2ccccc2)cc1. The summed E-state index contributed by atoms with van der Waals surface area (Å²) in [5, 5.41) is 12.8. The van der Waals surface area contributed by atoms with Crippen molar-refractivity contribution in [2.45, 2.75) is 25.9 Å². The molecular formula is C18H21NO2. The van der Waals surface area contributed by atoms with E-state index in [-0.39, 0.29) is 11.8 Å². The second-order valence-electron chi connectivity index (χ2n) is 5.37. The van der Waals surface area contributed by atoms with Crippen LogP contribution < -0.4 is 5.32 Å². The van der Waals surface area contributed by atoms with Crippen LogP contribution in [0.3, 0.4) is 0 Å². The largest absolute Gasteiger partial charge is 0.378 e. The van der Waals surface area contributed by atoms with Crippen molar-refractivity contribution in [2.24, 2.45) is 0 Å². The van der Waals surface area contributed by atoms with Crippen LogP contribution in [0.2, 0.25) is 0 Å². The molecule has 0 aliphatic rings. The van der Waals surface area contributed by atoms with Crippen molar-refractivity contribution in [1.82, 2.24) is 5.32 Å². The predicted octanol–water partition coefficient (Wildman–Crippen LogP) is 2.95. The summed E-state index contributed by atoms with van der Waals surface area (Å²) in [6.45, 7) is 4.61. The zero-order chi connectivity index (χ0) is 15.2. The Balaban J connectivity index is 1.90. The molecule has 3 nitrogen and oxygen atoms in total. The third-order valence-electron chi connectivity index (χ3n) is 3.59. The van der Waals surface area contributed by atoms with Gasteiger partial charge in [-0.25, -0.2) is 0 Å². The van der Waals surface area contributed by atoms with Crippen molar-refractivity contribution < 1.29 is 9.90 Å². The van der Waals surface area contributed by atoms with Crippen molar-refractivity contribution in [3.05, 3.63) is 71.3 Å². The molecule has 0 heterocycles. The number of benzene rings is 2. The number of rotatable bonds is 5. The first-order valence-corrected chi connectivity index (χ1v) is 7.15. The molecule has 2 rings (SSSR count). The van der Waals surface area contributed by atoms with Gasteiger partial charge in [-0.1, -0.05) is 67.1 Å². The summed E-state index contributed by atoms with van der Waals surface area (Å²) in [7, 11) is 0. The first kappa shape index (κ1) is 15.3. The molecule has 110 valence electrons. The molecule has 0 radical (unpaired) electrons. The van der Waals surface area contributed by atoms with E-state index in [9.17, 15) is 9.90 Å². The van der Waals surface area contributed by atoms with Gasteiger partial charge in [-0.3, -0.25) is 4.79 Å². The molecule has 2 unspecified atom stereocenters. The highest BCUT2D eigenvalue weighted by Crippen LogP contribution is 2.16. The van der Waals surface area contributed by atoms with Crippen LogP contribution in [0, 0.1) is 6.92 Å². The van der Waals surface area contributed by atoms with Crippen LogP contribution in [0.4, 0.5) is 0 Å². The number of hydrogen-bond donors (Lipinski definition) is 2. The minimum absolute atomic E-state index is 0.206. The average Bonchev–Trinajstić information content (AvgIpc) is 2.53. The van der Waals surface area contributed by atoms with Gasteiger partial charge in [0, 0.05) is 6.54 Å². The number of amides is 1. The number of carbonyl (C=O) groups is 1. The van der Waals surface area contributed by atoms with E-state index in [4.69, 9.17) is 0 Å². The van der Waals surface area contributed by atoms with Gasteiger partial charge in [-0.2, -0.15) is 0 Å². The van der Waals surface area contributed by atoms with Gasteiger partial charge in [-0.05, 0) is 24.0 Å². The first-order valence-electron chi connectivity index (χ1n) is 7.15. The Hall–Kier alpha value is -2.13. The van der Waals surface area contributed by atoms with E-state index in [0.29, 0.717) is 12.1 Å². The average molecular weight is 283 g/mol. The molecule has 2 N–H and O–H groups in total. The van der Waals surface area contributed by atoms with Crippen LogP contribution in [0.25, 0.3) is 0 Å². The molecule has 0 bridgehead atoms. The van der Waals surface area contributed by atoms with E-state index < -0.39 is 6.10 Å². The van der Waals surface area contributed by atoms with Crippen LogP contribution in [-0.2, 0) is 4.79 Å². The number of aliphatic hydroxyl groups is 1. The quantitative estimate of drug-likeness (QED) is 0.886. The number of nitrogens with one attached hydrogen (secondary N) is 1. The summed E-state index contributed by atoms with van der Waals surface area (Å²) < 4.78 is 0. The first-order chi connectivity index (χ1) is 10.1. The normalized spacial score (nSPS) is 13.5. The molecule has 0 spiro atoms.